The van der Waals surface area contributed by atoms with Gasteiger partial charge >= 0.3 is 0 Å². The van der Waals surface area contributed by atoms with Crippen molar-refractivity contribution >= 4 is 74.8 Å². The van der Waals surface area contributed by atoms with Crippen molar-refractivity contribution in [2.24, 2.45) is 5.10 Å². The minimum Gasteiger partial charge on any atom is -0.506 e. The maximum absolute atomic E-state index is 11.9. The van der Waals surface area contributed by atoms with E-state index in [0.29, 0.717) is 45.1 Å². The Morgan fingerprint density at radius 1 is 1.37 bits per heavy atom. The largest absolute Gasteiger partial charge is 0.506 e. The monoisotopic (exact) mass is 615 g/mol. The molecule has 1 saturated heterocycles. The number of nitrogens with zero attached hydrogens (tertiary/aromatic N) is 4. The van der Waals surface area contributed by atoms with Crippen LogP contribution < -0.4 is 15.1 Å². The first kappa shape index (κ1) is 20.5. The molecule has 12 heteroatoms. The summed E-state index contributed by atoms with van der Waals surface area (Å²) in [7, 11) is 0. The lowest BCUT2D eigenvalue weighted by Gasteiger charge is -2.26. The van der Waals surface area contributed by atoms with E-state index in [1.165, 1.54) is 6.21 Å². The Balaban J connectivity index is 1.51. The van der Waals surface area contributed by atoms with Gasteiger partial charge in [-0.15, -0.1) is 4.37 Å². The van der Waals surface area contributed by atoms with Crippen molar-refractivity contribution in [3.63, 3.8) is 0 Å². The highest BCUT2D eigenvalue weighted by Gasteiger charge is 2.20. The topological polar surface area (TPSA) is 109 Å². The van der Waals surface area contributed by atoms with Crippen molar-refractivity contribution in [2.45, 2.75) is 0 Å². The van der Waals surface area contributed by atoms with Crippen LogP contribution in [0, 0.1) is 7.14 Å². The second-order valence-corrected chi connectivity index (χ2v) is 8.26. The maximum Gasteiger partial charge on any atom is 0.278 e. The molecule has 0 atom stereocenters. The molecule has 0 bridgehead atoms. The quantitative estimate of drug-likeness (QED) is 0.290. The van der Waals surface area contributed by atoms with Crippen LogP contribution in [0.4, 0.5) is 5.82 Å². The average Bonchev–Trinajstić information content (AvgIpc) is 3.14. The van der Waals surface area contributed by atoms with Gasteiger partial charge in [0.05, 0.1) is 38.3 Å². The summed E-state index contributed by atoms with van der Waals surface area (Å²) in [4.78, 5) is 14.0. The molecule has 1 fully saturated rings. The fraction of sp³-hybridized carbons (Fsp3) is 0.333. The number of morpholine rings is 1. The van der Waals surface area contributed by atoms with Gasteiger partial charge in [0.15, 0.2) is 6.61 Å². The first-order valence-electron chi connectivity index (χ1n) is 7.82. The van der Waals surface area contributed by atoms with Gasteiger partial charge in [0.2, 0.25) is 5.82 Å². The number of aromatic hydroxyl groups is 1. The van der Waals surface area contributed by atoms with Gasteiger partial charge in [-0.1, -0.05) is 0 Å². The Labute approximate surface area is 186 Å². The second-order valence-electron chi connectivity index (χ2n) is 5.41. The molecule has 1 aromatic heterocycles. The van der Waals surface area contributed by atoms with Crippen molar-refractivity contribution in [1.82, 2.24) is 14.2 Å². The number of phenolic OH excluding ortho intramolecular Hbond substituents is 1. The standard InChI is InChI=1S/C15H15I2N5O4S/c16-10-5-9(6-11(17)13(10)24)7-18-19-12(23)8-26-15-14(20-27-21-15)22-1-3-25-4-2-22/h5-7,24H,1-4,8H2,(H,19,23). The SMILES string of the molecule is O=C(COc1nsnc1N1CCOCC1)NN=Cc1cc(I)c(O)c(I)c1. The van der Waals surface area contributed by atoms with Crippen LogP contribution in [0.2, 0.25) is 0 Å². The van der Waals surface area contributed by atoms with E-state index in [9.17, 15) is 9.90 Å². The smallest absolute Gasteiger partial charge is 0.278 e. The minimum atomic E-state index is -0.407. The highest BCUT2D eigenvalue weighted by Crippen LogP contribution is 2.27. The van der Waals surface area contributed by atoms with E-state index in [2.05, 4.69) is 19.3 Å². The highest BCUT2D eigenvalue weighted by atomic mass is 127. The molecule has 3 rings (SSSR count). The van der Waals surface area contributed by atoms with Gasteiger partial charge in [-0.2, -0.15) is 9.47 Å². The molecule has 2 N–H and O–H groups in total. The van der Waals surface area contributed by atoms with Crippen molar-refractivity contribution in [3.8, 4) is 11.6 Å². The zero-order valence-electron chi connectivity index (χ0n) is 13.9. The number of aromatic nitrogens is 2. The summed E-state index contributed by atoms with van der Waals surface area (Å²) in [5.74, 6) is 0.797. The molecule has 2 heterocycles. The molecule has 144 valence electrons. The summed E-state index contributed by atoms with van der Waals surface area (Å²) in [6.07, 6.45) is 1.51. The first-order valence-corrected chi connectivity index (χ1v) is 10.7. The van der Waals surface area contributed by atoms with E-state index in [1.807, 2.05) is 50.1 Å². The van der Waals surface area contributed by atoms with Crippen molar-refractivity contribution in [3.05, 3.63) is 24.8 Å². The van der Waals surface area contributed by atoms with Crippen LogP contribution in [0.3, 0.4) is 0 Å². The molecule has 0 radical (unpaired) electrons. The summed E-state index contributed by atoms with van der Waals surface area (Å²) in [5.41, 5.74) is 3.17. The van der Waals surface area contributed by atoms with E-state index in [4.69, 9.17) is 9.47 Å². The number of carbonyl (C=O) groups is 1. The molecule has 1 aromatic carbocycles. The number of nitrogens with one attached hydrogen (secondary N) is 1. The van der Waals surface area contributed by atoms with Crippen LogP contribution in [-0.4, -0.2) is 58.9 Å². The molecule has 9 nitrogen and oxygen atoms in total. The number of anilines is 1. The molecule has 1 aliphatic rings. The number of phenols is 1. The Bertz CT molecular complexity index is 818. The third kappa shape index (κ3) is 5.61. The number of ether oxygens (including phenoxy) is 2. The second kappa shape index (κ2) is 9.79. The summed E-state index contributed by atoms with van der Waals surface area (Å²) in [6, 6.07) is 3.53. The zero-order valence-corrected chi connectivity index (χ0v) is 19.0. The number of benzene rings is 1. The number of halogens is 2. The first-order chi connectivity index (χ1) is 13.0. The van der Waals surface area contributed by atoms with Crippen LogP contribution >= 0.6 is 56.9 Å². The zero-order chi connectivity index (χ0) is 19.2. The fourth-order valence-corrected chi connectivity index (χ4v) is 4.58. The predicted molar refractivity (Wildman–Crippen MR) is 118 cm³/mol. The van der Waals surface area contributed by atoms with E-state index >= 15 is 0 Å². The van der Waals surface area contributed by atoms with Crippen LogP contribution in [0.1, 0.15) is 5.56 Å². The molecule has 1 aliphatic heterocycles. The Morgan fingerprint density at radius 3 is 2.78 bits per heavy atom. The van der Waals surface area contributed by atoms with Crippen LogP contribution in [-0.2, 0) is 9.53 Å². The number of hydrogen-bond donors (Lipinski definition) is 2. The molecule has 0 aliphatic carbocycles. The van der Waals surface area contributed by atoms with Crippen LogP contribution in [0.5, 0.6) is 11.6 Å². The normalized spacial score (nSPS) is 14.5. The summed E-state index contributed by atoms with van der Waals surface area (Å²) in [5, 5.41) is 13.7. The Kier molecular flexibility index (Phi) is 7.42. The number of hydrazone groups is 1. The van der Waals surface area contributed by atoms with E-state index < -0.39 is 5.91 Å². The molecule has 27 heavy (non-hydrogen) atoms. The molecule has 0 saturated carbocycles. The number of hydrogen-bond acceptors (Lipinski definition) is 9. The molecule has 0 spiro atoms. The van der Waals surface area contributed by atoms with Crippen molar-refractivity contribution in [1.29, 1.82) is 0 Å². The van der Waals surface area contributed by atoms with Crippen LogP contribution in [0.25, 0.3) is 0 Å². The van der Waals surface area contributed by atoms with Gasteiger partial charge in [0, 0.05) is 13.1 Å². The van der Waals surface area contributed by atoms with E-state index in [-0.39, 0.29) is 12.4 Å². The van der Waals surface area contributed by atoms with E-state index in [0.717, 1.165) is 17.3 Å². The molecule has 0 unspecified atom stereocenters. The third-order valence-corrected chi connectivity index (χ3v) is 5.68. The van der Waals surface area contributed by atoms with Gasteiger partial charge in [-0.05, 0) is 62.9 Å². The molecular formula is C15H15I2N5O4S. The lowest BCUT2D eigenvalue weighted by molar-refractivity contribution is -0.123. The van der Waals surface area contributed by atoms with Crippen LogP contribution in [0.15, 0.2) is 17.2 Å². The van der Waals surface area contributed by atoms with Crippen molar-refractivity contribution < 1.29 is 19.4 Å². The third-order valence-electron chi connectivity index (χ3n) is 3.54. The van der Waals surface area contributed by atoms with Gasteiger partial charge in [-0.3, -0.25) is 4.79 Å². The maximum atomic E-state index is 11.9. The van der Waals surface area contributed by atoms with Gasteiger partial charge in [0.25, 0.3) is 11.8 Å². The number of carbonyl (C=O) groups excluding carboxylic acids is 1. The minimum absolute atomic E-state index is 0.218. The van der Waals surface area contributed by atoms with Gasteiger partial charge < -0.3 is 19.5 Å². The van der Waals surface area contributed by atoms with E-state index in [1.54, 1.807) is 12.1 Å². The summed E-state index contributed by atoms with van der Waals surface area (Å²) < 4.78 is 20.6. The molecular weight excluding hydrogens is 600 g/mol. The van der Waals surface area contributed by atoms with Crippen molar-refractivity contribution in [2.75, 3.05) is 37.8 Å². The number of amides is 1. The highest BCUT2D eigenvalue weighted by molar-refractivity contribution is 14.1. The molecule has 2 aromatic rings. The number of rotatable bonds is 6. The lowest BCUT2D eigenvalue weighted by atomic mass is 10.2. The fourth-order valence-electron chi connectivity index (χ4n) is 2.24. The Morgan fingerprint density at radius 2 is 2.07 bits per heavy atom. The summed E-state index contributed by atoms with van der Waals surface area (Å²) in [6.45, 7) is 2.46. The van der Waals surface area contributed by atoms with Gasteiger partial charge in [0.1, 0.15) is 5.75 Å². The average molecular weight is 615 g/mol. The van der Waals surface area contributed by atoms with Gasteiger partial charge in [-0.25, -0.2) is 5.43 Å². The Hall–Kier alpha value is -1.26. The molecule has 1 amide bonds. The lowest BCUT2D eigenvalue weighted by Crippen LogP contribution is -2.36. The summed E-state index contributed by atoms with van der Waals surface area (Å²) >= 11 is 5.11. The predicted octanol–water partition coefficient (Wildman–Crippen LogP) is 1.82.